The maximum atomic E-state index is 13.2. The quantitative estimate of drug-likeness (QED) is 0.376. The van der Waals surface area contributed by atoms with Gasteiger partial charge in [0.2, 0.25) is 0 Å². The van der Waals surface area contributed by atoms with E-state index < -0.39 is 16.0 Å². The number of carbonyl (C=O) groups is 1. The van der Waals surface area contributed by atoms with Crippen LogP contribution in [0.15, 0.2) is 71.6 Å². The van der Waals surface area contributed by atoms with Crippen LogP contribution < -0.4 is 15.1 Å². The molecule has 0 aliphatic carbocycles. The highest BCUT2D eigenvalue weighted by atomic mass is 32.2. The van der Waals surface area contributed by atoms with Crippen LogP contribution in [0.5, 0.6) is 0 Å². The van der Waals surface area contributed by atoms with Crippen molar-refractivity contribution >= 4 is 67.1 Å². The molecular weight excluding hydrogens is 464 g/mol. The summed E-state index contributed by atoms with van der Waals surface area (Å²) in [7, 11) is -4.09. The highest BCUT2D eigenvalue weighted by molar-refractivity contribution is 7.93. The molecular formula is C21H13N6O4S2-. The van der Waals surface area contributed by atoms with Crippen molar-refractivity contribution in [3.8, 4) is 0 Å². The maximum Gasteiger partial charge on any atom is 0.265 e. The molecule has 5 rings (SSSR count). The normalized spacial score (nSPS) is 11.5. The molecule has 0 saturated heterocycles. The van der Waals surface area contributed by atoms with E-state index in [9.17, 15) is 18.3 Å². The first-order valence-electron chi connectivity index (χ1n) is 9.50. The molecule has 0 amide bonds. The number of carboxylic acid groups (broad SMARTS) is 1. The molecule has 0 unspecified atom stereocenters. The van der Waals surface area contributed by atoms with Gasteiger partial charge in [-0.25, -0.2) is 18.4 Å². The lowest BCUT2D eigenvalue weighted by Crippen LogP contribution is -2.21. The number of hydrogen-bond donors (Lipinski definition) is 2. The van der Waals surface area contributed by atoms with E-state index in [1.807, 2.05) is 0 Å². The van der Waals surface area contributed by atoms with Crippen molar-refractivity contribution in [3.05, 3.63) is 72.3 Å². The minimum atomic E-state index is -4.09. The summed E-state index contributed by atoms with van der Waals surface area (Å²) in [6, 6.07) is 17.5. The zero-order valence-corrected chi connectivity index (χ0v) is 18.2. The number of rotatable bonds is 6. The number of nitrogens with zero attached hydrogens (tertiary/aromatic N) is 4. The average molecular weight is 478 g/mol. The van der Waals surface area contributed by atoms with E-state index in [0.717, 1.165) is 11.7 Å². The Morgan fingerprint density at radius 2 is 1.48 bits per heavy atom. The summed E-state index contributed by atoms with van der Waals surface area (Å²) < 4.78 is 37.1. The van der Waals surface area contributed by atoms with E-state index in [4.69, 9.17) is 0 Å². The third-order valence-electron chi connectivity index (χ3n) is 4.72. The van der Waals surface area contributed by atoms with Crippen LogP contribution >= 0.6 is 11.7 Å². The largest absolute Gasteiger partial charge is 0.545 e. The standard InChI is InChI=1S/C21H14N6O4S2/c28-21(29)12-8-10-13(11-9-12)22-19-20(24-15-5-2-1-4-14(15)23-19)27-33(30,31)17-7-3-6-16-18(17)26-32-25-16/h1-11H,(H,22,23)(H,24,27)(H,28,29)/p-1. The van der Waals surface area contributed by atoms with Crippen molar-refractivity contribution < 1.29 is 18.3 Å². The Bertz CT molecular complexity index is 1620. The molecule has 5 aromatic rings. The highest BCUT2D eigenvalue weighted by Crippen LogP contribution is 2.29. The van der Waals surface area contributed by atoms with Crippen LogP contribution in [0, 0.1) is 0 Å². The Morgan fingerprint density at radius 1 is 0.818 bits per heavy atom. The van der Waals surface area contributed by atoms with Gasteiger partial charge in [0, 0.05) is 5.69 Å². The fourth-order valence-electron chi connectivity index (χ4n) is 3.17. The fourth-order valence-corrected chi connectivity index (χ4v) is 4.94. The summed E-state index contributed by atoms with van der Waals surface area (Å²) >= 11 is 0.921. The molecule has 0 bridgehead atoms. The summed E-state index contributed by atoms with van der Waals surface area (Å²) in [6.45, 7) is 0. The Balaban J connectivity index is 1.58. The van der Waals surface area contributed by atoms with E-state index in [1.54, 1.807) is 36.4 Å². The molecule has 0 aliphatic rings. The van der Waals surface area contributed by atoms with E-state index in [0.29, 0.717) is 22.2 Å². The third kappa shape index (κ3) is 4.04. The van der Waals surface area contributed by atoms with Gasteiger partial charge in [0.1, 0.15) is 15.9 Å². The number of nitrogens with one attached hydrogen (secondary N) is 2. The van der Waals surface area contributed by atoms with Gasteiger partial charge < -0.3 is 15.2 Å². The molecule has 0 aliphatic heterocycles. The van der Waals surface area contributed by atoms with Crippen LogP contribution in [0.3, 0.4) is 0 Å². The number of aromatic nitrogens is 4. The van der Waals surface area contributed by atoms with Gasteiger partial charge in [-0.1, -0.05) is 30.3 Å². The van der Waals surface area contributed by atoms with Crippen LogP contribution in [0.2, 0.25) is 0 Å². The van der Waals surface area contributed by atoms with Gasteiger partial charge in [-0.15, -0.1) is 0 Å². The summed E-state index contributed by atoms with van der Waals surface area (Å²) in [5.41, 5.74) is 2.25. The van der Waals surface area contributed by atoms with Crippen molar-refractivity contribution in [2.45, 2.75) is 4.90 Å². The molecule has 164 valence electrons. The molecule has 0 atom stereocenters. The monoisotopic (exact) mass is 477 g/mol. The van der Waals surface area contributed by atoms with Crippen molar-refractivity contribution in [1.82, 2.24) is 18.7 Å². The third-order valence-corrected chi connectivity index (χ3v) is 6.64. The number of para-hydroxylation sites is 2. The molecule has 0 fully saturated rings. The number of sulfonamides is 1. The lowest BCUT2D eigenvalue weighted by Gasteiger charge is -2.14. The van der Waals surface area contributed by atoms with Gasteiger partial charge in [0.25, 0.3) is 10.0 Å². The predicted molar refractivity (Wildman–Crippen MR) is 122 cm³/mol. The van der Waals surface area contributed by atoms with Crippen LogP contribution in [0.25, 0.3) is 22.1 Å². The lowest BCUT2D eigenvalue weighted by atomic mass is 10.2. The molecule has 33 heavy (non-hydrogen) atoms. The SMILES string of the molecule is O=C([O-])c1ccc(Nc2nc3ccccc3nc2NS(=O)(=O)c2cccc3nsnc23)cc1. The topological polar surface area (TPSA) is 150 Å². The van der Waals surface area contributed by atoms with E-state index in [-0.39, 0.29) is 27.6 Å². The first-order valence-corrected chi connectivity index (χ1v) is 11.7. The Hall–Kier alpha value is -4.16. The van der Waals surface area contributed by atoms with E-state index >= 15 is 0 Å². The molecule has 12 heteroatoms. The number of aromatic carboxylic acids is 1. The highest BCUT2D eigenvalue weighted by Gasteiger charge is 2.22. The summed E-state index contributed by atoms with van der Waals surface area (Å²) in [5, 5.41) is 14.0. The molecule has 0 spiro atoms. The van der Waals surface area contributed by atoms with Gasteiger partial charge in [0.15, 0.2) is 11.6 Å². The second kappa shape index (κ2) is 8.07. The predicted octanol–water partition coefficient (Wildman–Crippen LogP) is 2.54. The molecule has 2 aromatic heterocycles. The second-order valence-electron chi connectivity index (χ2n) is 6.89. The minimum Gasteiger partial charge on any atom is -0.545 e. The first kappa shape index (κ1) is 20.7. The van der Waals surface area contributed by atoms with Gasteiger partial charge in [-0.2, -0.15) is 8.75 Å². The number of anilines is 3. The summed E-state index contributed by atoms with van der Waals surface area (Å²) in [5.74, 6) is -1.19. The van der Waals surface area contributed by atoms with Crippen LogP contribution in [0.4, 0.5) is 17.3 Å². The number of benzene rings is 3. The Morgan fingerprint density at radius 3 is 2.18 bits per heavy atom. The number of fused-ring (bicyclic) bond motifs is 2. The fraction of sp³-hybridized carbons (Fsp3) is 0. The Kier molecular flexibility index (Phi) is 5.07. The molecule has 0 saturated carbocycles. The molecule has 3 aromatic carbocycles. The van der Waals surface area contributed by atoms with E-state index in [1.165, 1.54) is 30.3 Å². The van der Waals surface area contributed by atoms with Gasteiger partial charge in [-0.05, 0) is 42.0 Å². The smallest absolute Gasteiger partial charge is 0.265 e. The van der Waals surface area contributed by atoms with Crippen molar-refractivity contribution in [3.63, 3.8) is 0 Å². The molecule has 10 nitrogen and oxygen atoms in total. The van der Waals surface area contributed by atoms with Gasteiger partial charge in [0.05, 0.1) is 28.7 Å². The van der Waals surface area contributed by atoms with Crippen LogP contribution in [-0.4, -0.2) is 33.1 Å². The van der Waals surface area contributed by atoms with Crippen molar-refractivity contribution in [2.24, 2.45) is 0 Å². The molecule has 0 radical (unpaired) electrons. The maximum absolute atomic E-state index is 13.2. The van der Waals surface area contributed by atoms with Gasteiger partial charge >= 0.3 is 0 Å². The van der Waals surface area contributed by atoms with Gasteiger partial charge in [-0.3, -0.25) is 4.72 Å². The molecule has 2 N–H and O–H groups in total. The van der Waals surface area contributed by atoms with Crippen LogP contribution in [-0.2, 0) is 10.0 Å². The number of carboxylic acids is 1. The number of carbonyl (C=O) groups excluding carboxylic acids is 1. The first-order chi connectivity index (χ1) is 15.9. The average Bonchev–Trinajstić information content (AvgIpc) is 3.28. The zero-order chi connectivity index (χ0) is 23.0. The van der Waals surface area contributed by atoms with E-state index in [2.05, 4.69) is 28.8 Å². The second-order valence-corrected chi connectivity index (χ2v) is 9.07. The zero-order valence-electron chi connectivity index (χ0n) is 16.6. The summed E-state index contributed by atoms with van der Waals surface area (Å²) in [6.07, 6.45) is 0. The Labute approximate surface area is 191 Å². The number of hydrogen-bond acceptors (Lipinski definition) is 10. The minimum absolute atomic E-state index is 0.0102. The van der Waals surface area contributed by atoms with Crippen molar-refractivity contribution in [1.29, 1.82) is 0 Å². The lowest BCUT2D eigenvalue weighted by molar-refractivity contribution is -0.255. The molecule has 2 heterocycles. The van der Waals surface area contributed by atoms with Crippen molar-refractivity contribution in [2.75, 3.05) is 10.0 Å². The summed E-state index contributed by atoms with van der Waals surface area (Å²) in [4.78, 5) is 19.9. The van der Waals surface area contributed by atoms with Crippen LogP contribution in [0.1, 0.15) is 10.4 Å².